The number of nitrogens with one attached hydrogen (secondary N) is 1. The molecule has 1 heterocycles. The number of nitrogens with zero attached hydrogens (tertiary/aromatic N) is 1. The number of hydrogen-bond donors (Lipinski definition) is 1. The van der Waals surface area contributed by atoms with Gasteiger partial charge < -0.3 is 0 Å². The van der Waals surface area contributed by atoms with Gasteiger partial charge in [-0.15, -0.1) is 0 Å². The summed E-state index contributed by atoms with van der Waals surface area (Å²) in [6, 6.07) is 7.10. The highest BCUT2D eigenvalue weighted by Crippen LogP contribution is 2.13. The lowest BCUT2D eigenvalue weighted by Crippen LogP contribution is -2.26. The van der Waals surface area contributed by atoms with Crippen LogP contribution in [0, 0.1) is 12.7 Å². The molecule has 112 valence electrons. The minimum Gasteiger partial charge on any atom is -0.244 e. The van der Waals surface area contributed by atoms with E-state index >= 15 is 0 Å². The molecule has 0 saturated carbocycles. The molecule has 0 saturated heterocycles. The van der Waals surface area contributed by atoms with Gasteiger partial charge in [0.05, 0.1) is 4.90 Å². The van der Waals surface area contributed by atoms with Crippen LogP contribution in [-0.4, -0.2) is 19.9 Å². The van der Waals surface area contributed by atoms with E-state index in [0.717, 1.165) is 11.1 Å². The van der Waals surface area contributed by atoms with Crippen LogP contribution in [0.5, 0.6) is 0 Å². The molecule has 0 aliphatic rings. The van der Waals surface area contributed by atoms with E-state index in [2.05, 4.69) is 9.71 Å². The summed E-state index contributed by atoms with van der Waals surface area (Å²) in [5.41, 5.74) is 1.69. The molecule has 2 rings (SSSR count). The predicted molar refractivity (Wildman–Crippen MR) is 79.3 cm³/mol. The molecule has 2 aromatic rings. The summed E-state index contributed by atoms with van der Waals surface area (Å²) < 4.78 is 39.6. The van der Waals surface area contributed by atoms with E-state index < -0.39 is 10.0 Å². The SMILES string of the molecule is Cc1cc(F)ccc1CCNS(=O)(=O)c1ccnc(Cl)c1. The number of aromatic nitrogens is 1. The molecule has 0 amide bonds. The lowest BCUT2D eigenvalue weighted by atomic mass is 10.1. The molecule has 1 N–H and O–H groups in total. The highest BCUT2D eigenvalue weighted by Gasteiger charge is 2.14. The molecule has 21 heavy (non-hydrogen) atoms. The van der Waals surface area contributed by atoms with Crippen molar-refractivity contribution in [1.82, 2.24) is 9.71 Å². The lowest BCUT2D eigenvalue weighted by molar-refractivity contribution is 0.581. The van der Waals surface area contributed by atoms with Crippen LogP contribution in [0.25, 0.3) is 0 Å². The number of halogens is 2. The van der Waals surface area contributed by atoms with Gasteiger partial charge in [0, 0.05) is 12.7 Å². The van der Waals surface area contributed by atoms with Crippen molar-refractivity contribution in [3.8, 4) is 0 Å². The van der Waals surface area contributed by atoms with Crippen LogP contribution in [-0.2, 0) is 16.4 Å². The molecule has 0 aliphatic carbocycles. The van der Waals surface area contributed by atoms with Gasteiger partial charge in [0.1, 0.15) is 11.0 Å². The second-order valence-electron chi connectivity index (χ2n) is 4.53. The molecule has 1 aromatic heterocycles. The van der Waals surface area contributed by atoms with Gasteiger partial charge in [-0.25, -0.2) is 22.5 Å². The zero-order valence-corrected chi connectivity index (χ0v) is 12.9. The topological polar surface area (TPSA) is 59.1 Å². The first-order chi connectivity index (χ1) is 9.88. The van der Waals surface area contributed by atoms with Crippen LogP contribution in [0.3, 0.4) is 0 Å². The van der Waals surface area contributed by atoms with E-state index in [-0.39, 0.29) is 22.4 Å². The van der Waals surface area contributed by atoms with Crippen molar-refractivity contribution in [3.05, 3.63) is 58.6 Å². The zero-order valence-electron chi connectivity index (χ0n) is 11.3. The van der Waals surface area contributed by atoms with Gasteiger partial charge in [0.15, 0.2) is 0 Å². The van der Waals surface area contributed by atoms with Crippen molar-refractivity contribution < 1.29 is 12.8 Å². The van der Waals surface area contributed by atoms with Crippen molar-refractivity contribution in [2.45, 2.75) is 18.2 Å². The third-order valence-corrected chi connectivity index (χ3v) is 4.66. The molecular formula is C14H14ClFN2O2S. The standard InChI is InChI=1S/C14H14ClFN2O2S/c1-10-8-12(16)3-2-11(10)4-7-18-21(19,20)13-5-6-17-14(15)9-13/h2-3,5-6,8-9,18H,4,7H2,1H3. The Hall–Kier alpha value is -1.50. The average Bonchev–Trinajstić information content (AvgIpc) is 2.41. The van der Waals surface area contributed by atoms with E-state index in [9.17, 15) is 12.8 Å². The number of hydrogen-bond acceptors (Lipinski definition) is 3. The number of benzene rings is 1. The van der Waals surface area contributed by atoms with Gasteiger partial charge in [-0.1, -0.05) is 17.7 Å². The van der Waals surface area contributed by atoms with Crippen molar-refractivity contribution in [1.29, 1.82) is 0 Å². The van der Waals surface area contributed by atoms with Gasteiger partial charge >= 0.3 is 0 Å². The second kappa shape index (κ2) is 6.51. The Morgan fingerprint density at radius 1 is 1.29 bits per heavy atom. The molecular weight excluding hydrogens is 315 g/mol. The fourth-order valence-corrected chi connectivity index (χ4v) is 3.18. The highest BCUT2D eigenvalue weighted by atomic mass is 35.5. The molecule has 0 spiro atoms. The van der Waals surface area contributed by atoms with Crippen molar-refractivity contribution in [3.63, 3.8) is 0 Å². The quantitative estimate of drug-likeness (QED) is 0.858. The maximum atomic E-state index is 13.0. The summed E-state index contributed by atoms with van der Waals surface area (Å²) in [5.74, 6) is -0.303. The smallest absolute Gasteiger partial charge is 0.240 e. The van der Waals surface area contributed by atoms with Crippen LogP contribution in [0.4, 0.5) is 4.39 Å². The number of sulfonamides is 1. The number of aryl methyl sites for hydroxylation is 1. The number of rotatable bonds is 5. The maximum absolute atomic E-state index is 13.0. The first-order valence-corrected chi connectivity index (χ1v) is 8.11. The van der Waals surface area contributed by atoms with Crippen LogP contribution < -0.4 is 4.72 Å². The molecule has 1 aromatic carbocycles. The Kier molecular flexibility index (Phi) is 4.92. The minimum atomic E-state index is -3.62. The summed E-state index contributed by atoms with van der Waals surface area (Å²) in [7, 11) is -3.62. The van der Waals surface area contributed by atoms with E-state index in [1.165, 1.54) is 30.5 Å². The van der Waals surface area contributed by atoms with Crippen LogP contribution >= 0.6 is 11.6 Å². The Morgan fingerprint density at radius 2 is 2.05 bits per heavy atom. The summed E-state index contributed by atoms with van der Waals surface area (Å²) in [4.78, 5) is 3.81. The molecule has 0 atom stereocenters. The molecule has 0 unspecified atom stereocenters. The van der Waals surface area contributed by atoms with Crippen LogP contribution in [0.1, 0.15) is 11.1 Å². The van der Waals surface area contributed by atoms with Crippen molar-refractivity contribution in [2.24, 2.45) is 0 Å². The summed E-state index contributed by atoms with van der Waals surface area (Å²) in [6.07, 6.45) is 1.81. The second-order valence-corrected chi connectivity index (χ2v) is 6.69. The lowest BCUT2D eigenvalue weighted by Gasteiger charge is -2.08. The Morgan fingerprint density at radius 3 is 2.71 bits per heavy atom. The highest BCUT2D eigenvalue weighted by molar-refractivity contribution is 7.89. The summed E-state index contributed by atoms with van der Waals surface area (Å²) in [5, 5.41) is 0.118. The fourth-order valence-electron chi connectivity index (χ4n) is 1.90. The molecule has 4 nitrogen and oxygen atoms in total. The van der Waals surface area contributed by atoms with Crippen molar-refractivity contribution >= 4 is 21.6 Å². The monoisotopic (exact) mass is 328 g/mol. The van der Waals surface area contributed by atoms with Crippen molar-refractivity contribution in [2.75, 3.05) is 6.54 Å². The summed E-state index contributed by atoms with van der Waals surface area (Å²) >= 11 is 5.68. The molecule has 0 radical (unpaired) electrons. The normalized spacial score (nSPS) is 11.6. The van der Waals surface area contributed by atoms with Gasteiger partial charge in [-0.3, -0.25) is 0 Å². The Balaban J connectivity index is 2.02. The van der Waals surface area contributed by atoms with Gasteiger partial charge in [0.2, 0.25) is 10.0 Å². The Labute approximate surface area is 128 Å². The Bertz CT molecular complexity index is 750. The minimum absolute atomic E-state index is 0.0679. The van der Waals surface area contributed by atoms with Gasteiger partial charge in [-0.2, -0.15) is 0 Å². The third-order valence-electron chi connectivity index (χ3n) is 3.00. The zero-order chi connectivity index (χ0) is 15.5. The van der Waals surface area contributed by atoms with Crippen LogP contribution in [0.15, 0.2) is 41.4 Å². The van der Waals surface area contributed by atoms with E-state index in [0.29, 0.717) is 6.42 Å². The first-order valence-electron chi connectivity index (χ1n) is 6.25. The third kappa shape index (κ3) is 4.23. The molecule has 0 fully saturated rings. The van der Waals surface area contributed by atoms with E-state index in [1.807, 2.05) is 0 Å². The first kappa shape index (κ1) is 15.9. The van der Waals surface area contributed by atoms with Gasteiger partial charge in [0.25, 0.3) is 0 Å². The predicted octanol–water partition coefficient (Wildman–Crippen LogP) is 2.70. The van der Waals surface area contributed by atoms with Crippen LogP contribution in [0.2, 0.25) is 5.15 Å². The molecule has 7 heteroatoms. The average molecular weight is 329 g/mol. The largest absolute Gasteiger partial charge is 0.244 e. The van der Waals surface area contributed by atoms with E-state index in [4.69, 9.17) is 11.6 Å². The molecule has 0 aliphatic heterocycles. The number of pyridine rings is 1. The van der Waals surface area contributed by atoms with Gasteiger partial charge in [-0.05, 0) is 48.7 Å². The maximum Gasteiger partial charge on any atom is 0.240 e. The fraction of sp³-hybridized carbons (Fsp3) is 0.214. The molecule has 0 bridgehead atoms. The van der Waals surface area contributed by atoms with E-state index in [1.54, 1.807) is 13.0 Å². The summed E-state index contributed by atoms with van der Waals surface area (Å²) in [6.45, 7) is 2.00.